The second kappa shape index (κ2) is 10.3. The Bertz CT molecular complexity index is 1460. The molecule has 0 unspecified atom stereocenters. The molecule has 0 amide bonds. The van der Waals surface area contributed by atoms with Gasteiger partial charge >= 0.3 is 0 Å². The highest BCUT2D eigenvalue weighted by atomic mass is 35.5. The predicted octanol–water partition coefficient (Wildman–Crippen LogP) is 8.80. The van der Waals surface area contributed by atoms with Gasteiger partial charge in [0.1, 0.15) is 12.4 Å². The smallest absolute Gasteiger partial charge is 0.128 e. The van der Waals surface area contributed by atoms with E-state index in [0.717, 1.165) is 34.0 Å². The molecule has 1 N–H and O–H groups in total. The van der Waals surface area contributed by atoms with Gasteiger partial charge in [-0.05, 0) is 78.4 Å². The van der Waals surface area contributed by atoms with Crippen LogP contribution < -0.4 is 10.1 Å². The predicted molar refractivity (Wildman–Crippen MR) is 153 cm³/mol. The standard InChI is InChI=1S/C33H29ClN2O/c1-22-9-18-31-30(19-22)28-6-4-7-29(28)33(36-31)24-12-16-27(17-13-24)35-20-25-5-2-3-8-32(25)37-21-23-10-14-26(34)15-11-23/h2-6,8-20,28-29,33,36H,7,21H2,1H3/t28-,29+,33-/m1/s1. The van der Waals surface area contributed by atoms with Crippen LogP contribution in [0, 0.1) is 12.8 Å². The normalized spacial score (nSPS) is 19.9. The van der Waals surface area contributed by atoms with Gasteiger partial charge in [0, 0.05) is 28.4 Å². The fourth-order valence-corrected chi connectivity index (χ4v) is 5.54. The van der Waals surface area contributed by atoms with Crippen molar-refractivity contribution >= 4 is 29.2 Å². The second-order valence-corrected chi connectivity index (χ2v) is 10.3. The highest BCUT2D eigenvalue weighted by Crippen LogP contribution is 2.50. The summed E-state index contributed by atoms with van der Waals surface area (Å²) in [7, 11) is 0. The van der Waals surface area contributed by atoms with Gasteiger partial charge in [0.25, 0.3) is 0 Å². The van der Waals surface area contributed by atoms with Crippen LogP contribution in [0.3, 0.4) is 0 Å². The molecular weight excluding hydrogens is 476 g/mol. The zero-order valence-corrected chi connectivity index (χ0v) is 21.5. The highest BCUT2D eigenvalue weighted by Gasteiger charge is 2.37. The number of aliphatic imine (C=N–C) groups is 1. The number of hydrogen-bond donors (Lipinski definition) is 1. The van der Waals surface area contributed by atoms with E-state index in [1.165, 1.54) is 22.4 Å². The number of ether oxygens (including phenoxy) is 1. The molecule has 0 fully saturated rings. The summed E-state index contributed by atoms with van der Waals surface area (Å²) >= 11 is 5.99. The van der Waals surface area contributed by atoms with Gasteiger partial charge in [-0.1, -0.05) is 77.8 Å². The van der Waals surface area contributed by atoms with Crippen molar-refractivity contribution in [3.8, 4) is 5.75 Å². The lowest BCUT2D eigenvalue weighted by Gasteiger charge is -2.37. The van der Waals surface area contributed by atoms with Crippen LogP contribution in [-0.4, -0.2) is 6.21 Å². The van der Waals surface area contributed by atoms with Crippen LogP contribution in [0.2, 0.25) is 5.02 Å². The monoisotopic (exact) mass is 504 g/mol. The van der Waals surface area contributed by atoms with E-state index in [-0.39, 0.29) is 6.04 Å². The topological polar surface area (TPSA) is 33.6 Å². The van der Waals surface area contributed by atoms with Crippen LogP contribution in [-0.2, 0) is 6.61 Å². The minimum absolute atomic E-state index is 0.287. The maximum Gasteiger partial charge on any atom is 0.128 e. The molecule has 1 aliphatic carbocycles. The van der Waals surface area contributed by atoms with Gasteiger partial charge in [-0.2, -0.15) is 0 Å². The fourth-order valence-electron chi connectivity index (χ4n) is 5.42. The van der Waals surface area contributed by atoms with E-state index in [1.54, 1.807) is 0 Å². The molecule has 0 saturated carbocycles. The third-order valence-corrected chi connectivity index (χ3v) is 7.60. The first-order valence-electron chi connectivity index (χ1n) is 12.8. The average Bonchev–Trinajstić information content (AvgIpc) is 3.43. The van der Waals surface area contributed by atoms with Crippen LogP contribution in [0.4, 0.5) is 11.4 Å². The SMILES string of the molecule is Cc1ccc2c(c1)[C@@H]1C=CC[C@@H]1[C@@H](c1ccc(N=Cc3ccccc3OCc3ccc(Cl)cc3)cc1)N2. The Morgan fingerprint density at radius 2 is 1.78 bits per heavy atom. The van der Waals surface area contributed by atoms with Crippen molar-refractivity contribution in [2.75, 3.05) is 5.32 Å². The molecule has 4 aromatic rings. The van der Waals surface area contributed by atoms with Gasteiger partial charge in [-0.15, -0.1) is 0 Å². The Hall–Kier alpha value is -3.82. The first-order chi connectivity index (χ1) is 18.1. The number of benzene rings is 4. The Morgan fingerprint density at radius 3 is 2.62 bits per heavy atom. The highest BCUT2D eigenvalue weighted by molar-refractivity contribution is 6.30. The zero-order valence-electron chi connectivity index (χ0n) is 20.8. The number of allylic oxidation sites excluding steroid dienone is 2. The molecule has 1 heterocycles. The third-order valence-electron chi connectivity index (χ3n) is 7.35. The number of para-hydroxylation sites is 1. The molecule has 0 aromatic heterocycles. The molecule has 0 radical (unpaired) electrons. The summed E-state index contributed by atoms with van der Waals surface area (Å²) in [4.78, 5) is 4.75. The fraction of sp³-hybridized carbons (Fsp3) is 0.182. The summed E-state index contributed by atoms with van der Waals surface area (Å²) in [6.45, 7) is 2.65. The molecule has 4 aromatic carbocycles. The molecule has 4 heteroatoms. The number of fused-ring (bicyclic) bond motifs is 3. The molecular formula is C33H29ClN2O. The largest absolute Gasteiger partial charge is 0.488 e. The summed E-state index contributed by atoms with van der Waals surface area (Å²) in [6.07, 6.45) is 7.71. The molecule has 0 saturated heterocycles. The zero-order chi connectivity index (χ0) is 25.2. The number of nitrogens with zero attached hydrogens (tertiary/aromatic N) is 1. The summed E-state index contributed by atoms with van der Waals surface area (Å²) in [5, 5.41) is 4.55. The molecule has 0 bridgehead atoms. The Labute approximate surface area is 223 Å². The maximum atomic E-state index is 6.08. The number of aryl methyl sites for hydroxylation is 1. The van der Waals surface area contributed by atoms with Crippen molar-refractivity contribution in [2.45, 2.75) is 31.9 Å². The number of nitrogens with one attached hydrogen (secondary N) is 1. The lowest BCUT2D eigenvalue weighted by atomic mass is 9.76. The van der Waals surface area contributed by atoms with Gasteiger partial charge in [0.05, 0.1) is 11.7 Å². The third kappa shape index (κ3) is 5.05. The van der Waals surface area contributed by atoms with Crippen molar-refractivity contribution in [1.29, 1.82) is 0 Å². The minimum Gasteiger partial charge on any atom is -0.488 e. The van der Waals surface area contributed by atoms with E-state index >= 15 is 0 Å². The van der Waals surface area contributed by atoms with Crippen LogP contribution in [0.25, 0.3) is 0 Å². The molecule has 6 rings (SSSR count). The van der Waals surface area contributed by atoms with Crippen molar-refractivity contribution < 1.29 is 4.74 Å². The van der Waals surface area contributed by atoms with E-state index in [0.29, 0.717) is 18.4 Å². The van der Waals surface area contributed by atoms with Crippen LogP contribution in [0.1, 0.15) is 46.2 Å². The molecule has 3 atom stereocenters. The van der Waals surface area contributed by atoms with Crippen molar-refractivity contribution in [1.82, 2.24) is 0 Å². The molecule has 2 aliphatic rings. The first-order valence-corrected chi connectivity index (χ1v) is 13.2. The first kappa shape index (κ1) is 23.6. The summed E-state index contributed by atoms with van der Waals surface area (Å²) < 4.78 is 6.08. The van der Waals surface area contributed by atoms with Crippen molar-refractivity contribution in [3.63, 3.8) is 0 Å². The molecule has 1 aliphatic heterocycles. The second-order valence-electron chi connectivity index (χ2n) is 9.87. The van der Waals surface area contributed by atoms with Crippen LogP contribution in [0.15, 0.2) is 108 Å². The number of anilines is 1. The van der Waals surface area contributed by atoms with E-state index in [1.807, 2.05) is 54.7 Å². The van der Waals surface area contributed by atoms with E-state index in [2.05, 4.69) is 66.9 Å². The van der Waals surface area contributed by atoms with Gasteiger partial charge < -0.3 is 10.1 Å². The van der Waals surface area contributed by atoms with Gasteiger partial charge in [-0.25, -0.2) is 0 Å². The Morgan fingerprint density at radius 1 is 0.973 bits per heavy atom. The van der Waals surface area contributed by atoms with E-state index < -0.39 is 0 Å². The minimum atomic E-state index is 0.287. The van der Waals surface area contributed by atoms with Crippen molar-refractivity contribution in [2.24, 2.45) is 10.9 Å². The van der Waals surface area contributed by atoms with Crippen molar-refractivity contribution in [3.05, 3.63) is 136 Å². The number of rotatable bonds is 6. The summed E-state index contributed by atoms with van der Waals surface area (Å²) in [6, 6.07) is 31.4. The average molecular weight is 505 g/mol. The number of halogens is 1. The lowest BCUT2D eigenvalue weighted by molar-refractivity contribution is 0.306. The quantitative estimate of drug-likeness (QED) is 0.210. The lowest BCUT2D eigenvalue weighted by Crippen LogP contribution is -2.29. The molecule has 3 nitrogen and oxygen atoms in total. The molecule has 184 valence electrons. The van der Waals surface area contributed by atoms with Gasteiger partial charge in [-0.3, -0.25) is 4.99 Å². The maximum absolute atomic E-state index is 6.08. The summed E-state index contributed by atoms with van der Waals surface area (Å²) in [5.41, 5.74) is 8.23. The van der Waals surface area contributed by atoms with E-state index in [4.69, 9.17) is 21.3 Å². The van der Waals surface area contributed by atoms with Gasteiger partial charge in [0.15, 0.2) is 0 Å². The van der Waals surface area contributed by atoms with Crippen LogP contribution >= 0.6 is 11.6 Å². The van der Waals surface area contributed by atoms with Gasteiger partial charge in [0.2, 0.25) is 0 Å². The number of hydrogen-bond acceptors (Lipinski definition) is 3. The summed E-state index contributed by atoms with van der Waals surface area (Å²) in [5.74, 6) is 1.81. The van der Waals surface area contributed by atoms with Crippen LogP contribution in [0.5, 0.6) is 5.75 Å². The molecule has 0 spiro atoms. The Kier molecular flexibility index (Phi) is 6.55. The van der Waals surface area contributed by atoms with E-state index in [9.17, 15) is 0 Å². The molecule has 37 heavy (non-hydrogen) atoms. The Balaban J connectivity index is 1.17.